The molecule has 1 fully saturated rings. The van der Waals surface area contributed by atoms with Crippen molar-refractivity contribution >= 4 is 5.97 Å². The van der Waals surface area contributed by atoms with Crippen molar-refractivity contribution in [2.24, 2.45) is 11.1 Å². The molecule has 0 aromatic heterocycles. The second-order valence-electron chi connectivity index (χ2n) is 6.81. The van der Waals surface area contributed by atoms with Gasteiger partial charge >= 0.3 is 5.97 Å². The molecule has 0 aromatic rings. The van der Waals surface area contributed by atoms with Gasteiger partial charge in [0, 0.05) is 6.04 Å². The van der Waals surface area contributed by atoms with Crippen molar-refractivity contribution < 1.29 is 9.53 Å². The number of hydrogen-bond acceptors (Lipinski definition) is 3. The highest BCUT2D eigenvalue weighted by atomic mass is 16.5. The van der Waals surface area contributed by atoms with E-state index in [4.69, 9.17) is 10.5 Å². The van der Waals surface area contributed by atoms with Crippen LogP contribution >= 0.6 is 0 Å². The normalized spacial score (nSPS) is 22.6. The van der Waals surface area contributed by atoms with E-state index in [1.165, 1.54) is 64.9 Å². The maximum atomic E-state index is 11.9. The Morgan fingerprint density at radius 3 is 1.81 bits per heavy atom. The number of hydrogen-bond donors (Lipinski definition) is 1. The highest BCUT2D eigenvalue weighted by Gasteiger charge is 2.37. The van der Waals surface area contributed by atoms with E-state index in [0.717, 1.165) is 19.3 Å². The van der Waals surface area contributed by atoms with E-state index in [1.54, 1.807) is 0 Å². The highest BCUT2D eigenvalue weighted by Crippen LogP contribution is 2.40. The van der Waals surface area contributed by atoms with Crippen LogP contribution in [0.5, 0.6) is 0 Å². The molecule has 2 N–H and O–H groups in total. The standard InChI is InChI=1S/C18H35NO2/c1-3-16(19)18(15-17(20)21-2)13-11-9-7-5-4-6-8-10-12-14-18/h16H,3-15,19H2,1-2H3. The lowest BCUT2D eigenvalue weighted by Crippen LogP contribution is -2.43. The molecule has 0 aromatic carbocycles. The lowest BCUT2D eigenvalue weighted by atomic mass is 9.69. The lowest BCUT2D eigenvalue weighted by molar-refractivity contribution is -0.144. The highest BCUT2D eigenvalue weighted by molar-refractivity contribution is 5.70. The van der Waals surface area contributed by atoms with Gasteiger partial charge in [0.1, 0.15) is 0 Å². The van der Waals surface area contributed by atoms with Crippen LogP contribution in [0.1, 0.15) is 90.4 Å². The number of nitrogens with two attached hydrogens (primary N) is 1. The van der Waals surface area contributed by atoms with Crippen molar-refractivity contribution in [2.75, 3.05) is 7.11 Å². The van der Waals surface area contributed by atoms with E-state index in [9.17, 15) is 4.79 Å². The van der Waals surface area contributed by atoms with Crippen molar-refractivity contribution in [1.29, 1.82) is 0 Å². The van der Waals surface area contributed by atoms with Crippen molar-refractivity contribution in [2.45, 2.75) is 96.4 Å². The Kier molecular flexibility index (Phi) is 8.98. The first-order valence-electron chi connectivity index (χ1n) is 8.97. The van der Waals surface area contributed by atoms with Gasteiger partial charge in [-0.1, -0.05) is 64.7 Å². The number of esters is 1. The monoisotopic (exact) mass is 297 g/mol. The molecule has 0 spiro atoms. The van der Waals surface area contributed by atoms with Crippen molar-refractivity contribution in [3.05, 3.63) is 0 Å². The first-order valence-corrected chi connectivity index (χ1v) is 8.97. The number of methoxy groups -OCH3 is 1. The minimum Gasteiger partial charge on any atom is -0.469 e. The summed E-state index contributed by atoms with van der Waals surface area (Å²) in [5.74, 6) is -0.0917. The molecule has 0 amide bonds. The summed E-state index contributed by atoms with van der Waals surface area (Å²) in [4.78, 5) is 11.9. The maximum Gasteiger partial charge on any atom is 0.306 e. The zero-order valence-electron chi connectivity index (χ0n) is 14.2. The Hall–Kier alpha value is -0.570. The van der Waals surface area contributed by atoms with Gasteiger partial charge in [0.25, 0.3) is 0 Å². The molecule has 21 heavy (non-hydrogen) atoms. The van der Waals surface area contributed by atoms with Crippen LogP contribution in [-0.2, 0) is 9.53 Å². The zero-order chi connectivity index (χ0) is 15.6. The number of rotatable bonds is 4. The molecule has 1 unspecified atom stereocenters. The molecule has 3 heteroatoms. The summed E-state index contributed by atoms with van der Waals surface area (Å²) < 4.78 is 4.95. The van der Waals surface area contributed by atoms with E-state index in [0.29, 0.717) is 6.42 Å². The number of ether oxygens (including phenoxy) is 1. The van der Waals surface area contributed by atoms with Crippen LogP contribution in [0, 0.1) is 5.41 Å². The Balaban J connectivity index is 2.77. The zero-order valence-corrected chi connectivity index (χ0v) is 14.2. The topological polar surface area (TPSA) is 52.3 Å². The molecule has 0 aliphatic heterocycles. The molecule has 1 atom stereocenters. The summed E-state index contributed by atoms with van der Waals surface area (Å²) in [5.41, 5.74) is 6.42. The van der Waals surface area contributed by atoms with Crippen LogP contribution in [-0.4, -0.2) is 19.1 Å². The third-order valence-electron chi connectivity index (χ3n) is 5.30. The van der Waals surface area contributed by atoms with Crippen LogP contribution in [0.15, 0.2) is 0 Å². The molecule has 1 saturated carbocycles. The molecule has 0 radical (unpaired) electrons. The van der Waals surface area contributed by atoms with Gasteiger partial charge < -0.3 is 10.5 Å². The van der Waals surface area contributed by atoms with E-state index in [-0.39, 0.29) is 17.4 Å². The van der Waals surface area contributed by atoms with Crippen LogP contribution in [0.4, 0.5) is 0 Å². The summed E-state index contributed by atoms with van der Waals surface area (Å²) in [6.07, 6.45) is 15.3. The third-order valence-corrected chi connectivity index (χ3v) is 5.30. The molecule has 1 rings (SSSR count). The average molecular weight is 297 g/mol. The Morgan fingerprint density at radius 2 is 1.43 bits per heavy atom. The molecule has 0 bridgehead atoms. The minimum atomic E-state index is -0.0917. The predicted molar refractivity (Wildman–Crippen MR) is 88.1 cm³/mol. The van der Waals surface area contributed by atoms with Gasteiger partial charge in [-0.3, -0.25) is 4.79 Å². The molecular formula is C18H35NO2. The van der Waals surface area contributed by atoms with Crippen LogP contribution in [0.25, 0.3) is 0 Å². The first kappa shape index (κ1) is 18.5. The fraction of sp³-hybridized carbons (Fsp3) is 0.944. The van der Waals surface area contributed by atoms with Crippen molar-refractivity contribution in [3.8, 4) is 0 Å². The quantitative estimate of drug-likeness (QED) is 0.773. The van der Waals surface area contributed by atoms with Gasteiger partial charge in [0.2, 0.25) is 0 Å². The van der Waals surface area contributed by atoms with E-state index >= 15 is 0 Å². The fourth-order valence-corrected chi connectivity index (χ4v) is 3.79. The van der Waals surface area contributed by atoms with Gasteiger partial charge in [0.05, 0.1) is 13.5 Å². The van der Waals surface area contributed by atoms with Crippen LogP contribution < -0.4 is 5.73 Å². The van der Waals surface area contributed by atoms with Crippen molar-refractivity contribution in [1.82, 2.24) is 0 Å². The molecule has 0 saturated heterocycles. The number of carbonyl (C=O) groups excluding carboxylic acids is 1. The maximum absolute atomic E-state index is 11.9. The SMILES string of the molecule is CCC(N)C1(CC(=O)OC)CCCCCCCCCCC1. The first-order chi connectivity index (χ1) is 10.1. The van der Waals surface area contributed by atoms with Gasteiger partial charge in [0.15, 0.2) is 0 Å². The third kappa shape index (κ3) is 6.37. The van der Waals surface area contributed by atoms with E-state index < -0.39 is 0 Å². The second kappa shape index (κ2) is 10.2. The van der Waals surface area contributed by atoms with Gasteiger partial charge in [-0.25, -0.2) is 0 Å². The van der Waals surface area contributed by atoms with Gasteiger partial charge in [-0.2, -0.15) is 0 Å². The minimum absolute atomic E-state index is 0.0406. The molecular weight excluding hydrogens is 262 g/mol. The summed E-state index contributed by atoms with van der Waals surface area (Å²) >= 11 is 0. The Bertz CT molecular complexity index is 279. The Morgan fingerprint density at radius 1 is 1.00 bits per heavy atom. The summed E-state index contributed by atoms with van der Waals surface area (Å²) in [7, 11) is 1.49. The largest absolute Gasteiger partial charge is 0.469 e. The van der Waals surface area contributed by atoms with Crippen LogP contribution in [0.2, 0.25) is 0 Å². The van der Waals surface area contributed by atoms with E-state index in [1.807, 2.05) is 0 Å². The van der Waals surface area contributed by atoms with Gasteiger partial charge in [-0.15, -0.1) is 0 Å². The summed E-state index contributed by atoms with van der Waals surface area (Å²) in [5, 5.41) is 0. The summed E-state index contributed by atoms with van der Waals surface area (Å²) in [6.45, 7) is 2.14. The predicted octanol–water partition coefficient (Wildman–Crippen LogP) is 4.58. The molecule has 3 nitrogen and oxygen atoms in total. The van der Waals surface area contributed by atoms with Gasteiger partial charge in [-0.05, 0) is 24.7 Å². The van der Waals surface area contributed by atoms with Crippen LogP contribution in [0.3, 0.4) is 0 Å². The van der Waals surface area contributed by atoms with Crippen molar-refractivity contribution in [3.63, 3.8) is 0 Å². The smallest absolute Gasteiger partial charge is 0.306 e. The Labute approximate surface area is 131 Å². The molecule has 1 aliphatic carbocycles. The number of carbonyl (C=O) groups is 1. The average Bonchev–Trinajstić information content (AvgIpc) is 2.49. The van der Waals surface area contributed by atoms with E-state index in [2.05, 4.69) is 6.92 Å². The lowest BCUT2D eigenvalue weighted by Gasteiger charge is -2.38. The molecule has 1 aliphatic rings. The molecule has 0 heterocycles. The fourth-order valence-electron chi connectivity index (χ4n) is 3.79. The molecule has 124 valence electrons. The summed E-state index contributed by atoms with van der Waals surface area (Å²) in [6, 6.07) is 0.111. The second-order valence-corrected chi connectivity index (χ2v) is 6.81.